The van der Waals surface area contributed by atoms with E-state index in [4.69, 9.17) is 9.72 Å². The first-order chi connectivity index (χ1) is 15.4. The molecule has 0 saturated heterocycles. The molecule has 33 heavy (non-hydrogen) atoms. The molecule has 5 rings (SSSR count). The third-order valence-electron chi connectivity index (χ3n) is 7.67. The number of fused-ring (bicyclic) bond motifs is 4. The molecule has 0 radical (unpaired) electrons. The molecule has 178 valence electrons. The second kappa shape index (κ2) is 7.54. The smallest absolute Gasteiger partial charge is 0.388 e. The first-order valence-corrected chi connectivity index (χ1v) is 12.0. The van der Waals surface area contributed by atoms with Gasteiger partial charge in [0.2, 0.25) is 0 Å². The summed E-state index contributed by atoms with van der Waals surface area (Å²) in [7, 11) is 0. The molecule has 1 aliphatic heterocycles. The molecule has 0 unspecified atom stereocenters. The number of aliphatic hydroxyl groups excluding tert-OH is 1. The van der Waals surface area contributed by atoms with Gasteiger partial charge in [-0.25, -0.2) is 0 Å². The summed E-state index contributed by atoms with van der Waals surface area (Å²) >= 11 is 0. The molecule has 0 bridgehead atoms. The van der Waals surface area contributed by atoms with Gasteiger partial charge in [-0.05, 0) is 60.3 Å². The third-order valence-corrected chi connectivity index (χ3v) is 7.67. The highest BCUT2D eigenvalue weighted by atomic mass is 19.4. The molecule has 2 aliphatic carbocycles. The number of alkyl halides is 3. The first-order valence-electron chi connectivity index (χ1n) is 12.0. The number of rotatable bonds is 2. The number of hydrogen-bond donors (Lipinski definition) is 1. The van der Waals surface area contributed by atoms with Crippen molar-refractivity contribution in [3.05, 3.63) is 63.5 Å². The SMILES string of the molecule is CC(C)c1nc2c(c3c1[C@H](c1ccc(C(F)(F)F)cc1)OC31CCCC1)[C@@H](O)CC(C)(C)C2. The molecular formula is C27H32F3NO2. The standard InChI is InChI=1S/C27H32F3NO2/c1-15(2)23-21-22(20-18(31-23)13-25(3,4)14-19(20)32)26(11-5-6-12-26)33-24(21)16-7-9-17(10-8-16)27(28,29)30/h7-10,15,19,24,32H,5-6,11-14H2,1-4H3/t19-,24-/m0/s1. The average Bonchev–Trinajstić information content (AvgIpc) is 3.31. The first kappa shape index (κ1) is 22.9. The summed E-state index contributed by atoms with van der Waals surface area (Å²) in [4.78, 5) is 5.10. The Morgan fingerprint density at radius 3 is 2.27 bits per heavy atom. The van der Waals surface area contributed by atoms with Gasteiger partial charge in [-0.1, -0.05) is 52.7 Å². The van der Waals surface area contributed by atoms with Gasteiger partial charge in [-0.3, -0.25) is 4.98 Å². The Bertz CT molecular complexity index is 1070. The van der Waals surface area contributed by atoms with Gasteiger partial charge in [0, 0.05) is 22.5 Å². The molecule has 3 nitrogen and oxygen atoms in total. The fourth-order valence-corrected chi connectivity index (χ4v) is 6.26. The third kappa shape index (κ3) is 3.70. The lowest BCUT2D eigenvalue weighted by Gasteiger charge is -2.38. The second-order valence-electron chi connectivity index (χ2n) is 11.2. The van der Waals surface area contributed by atoms with E-state index in [2.05, 4.69) is 27.7 Å². The van der Waals surface area contributed by atoms with Crippen LogP contribution in [-0.4, -0.2) is 10.1 Å². The summed E-state index contributed by atoms with van der Waals surface area (Å²) in [5.74, 6) is 0.128. The maximum atomic E-state index is 13.2. The number of ether oxygens (including phenoxy) is 1. The molecule has 0 amide bonds. The van der Waals surface area contributed by atoms with Crippen molar-refractivity contribution in [2.75, 3.05) is 0 Å². The molecule has 1 aromatic carbocycles. The van der Waals surface area contributed by atoms with Gasteiger partial charge in [0.05, 0.1) is 17.3 Å². The molecule has 2 heterocycles. The van der Waals surface area contributed by atoms with Gasteiger partial charge in [0.25, 0.3) is 0 Å². The normalized spacial score (nSPS) is 25.5. The zero-order valence-electron chi connectivity index (χ0n) is 19.7. The van der Waals surface area contributed by atoms with Crippen molar-refractivity contribution in [2.24, 2.45) is 5.41 Å². The molecule has 3 aliphatic rings. The Balaban J connectivity index is 1.73. The molecule has 1 fully saturated rings. The molecule has 1 saturated carbocycles. The van der Waals surface area contributed by atoms with Crippen molar-refractivity contribution in [2.45, 2.75) is 96.1 Å². The van der Waals surface area contributed by atoms with E-state index in [1.165, 1.54) is 12.1 Å². The van der Waals surface area contributed by atoms with Crippen LogP contribution in [0.2, 0.25) is 0 Å². The molecular weight excluding hydrogens is 427 g/mol. The minimum absolute atomic E-state index is 0.0446. The van der Waals surface area contributed by atoms with Crippen LogP contribution in [0.4, 0.5) is 13.2 Å². The molecule has 2 atom stereocenters. The Morgan fingerprint density at radius 2 is 1.70 bits per heavy atom. The topological polar surface area (TPSA) is 42.4 Å². The summed E-state index contributed by atoms with van der Waals surface area (Å²) in [6.45, 7) is 8.53. The van der Waals surface area contributed by atoms with Crippen LogP contribution < -0.4 is 0 Å². The second-order valence-corrected chi connectivity index (χ2v) is 11.2. The summed E-state index contributed by atoms with van der Waals surface area (Å²) < 4.78 is 46.3. The predicted molar refractivity (Wildman–Crippen MR) is 120 cm³/mol. The van der Waals surface area contributed by atoms with Gasteiger partial charge in [-0.15, -0.1) is 0 Å². The van der Waals surface area contributed by atoms with Crippen LogP contribution in [0.5, 0.6) is 0 Å². The van der Waals surface area contributed by atoms with Crippen LogP contribution in [0, 0.1) is 5.41 Å². The number of pyridine rings is 1. The zero-order chi connectivity index (χ0) is 23.8. The van der Waals surface area contributed by atoms with Crippen molar-refractivity contribution in [3.63, 3.8) is 0 Å². The number of benzene rings is 1. The van der Waals surface area contributed by atoms with E-state index >= 15 is 0 Å². The van der Waals surface area contributed by atoms with Crippen LogP contribution in [0.3, 0.4) is 0 Å². The highest BCUT2D eigenvalue weighted by Gasteiger charge is 2.52. The minimum Gasteiger partial charge on any atom is -0.388 e. The van der Waals surface area contributed by atoms with E-state index in [1.807, 2.05) is 0 Å². The zero-order valence-corrected chi connectivity index (χ0v) is 19.7. The highest BCUT2D eigenvalue weighted by molar-refractivity contribution is 5.54. The van der Waals surface area contributed by atoms with Crippen molar-refractivity contribution < 1.29 is 23.0 Å². The van der Waals surface area contributed by atoms with Crippen LogP contribution in [0.15, 0.2) is 24.3 Å². The van der Waals surface area contributed by atoms with Gasteiger partial charge >= 0.3 is 6.18 Å². The van der Waals surface area contributed by atoms with Crippen LogP contribution in [-0.2, 0) is 22.9 Å². The molecule has 2 aromatic rings. The van der Waals surface area contributed by atoms with Crippen molar-refractivity contribution in [3.8, 4) is 0 Å². The maximum Gasteiger partial charge on any atom is 0.416 e. The van der Waals surface area contributed by atoms with Crippen LogP contribution in [0.1, 0.15) is 117 Å². The molecule has 1 N–H and O–H groups in total. The lowest BCUT2D eigenvalue weighted by molar-refractivity contribution is -0.137. The summed E-state index contributed by atoms with van der Waals surface area (Å²) in [6.07, 6.45) is -0.202. The van der Waals surface area contributed by atoms with Gasteiger partial charge in [0.1, 0.15) is 6.10 Å². The summed E-state index contributed by atoms with van der Waals surface area (Å²) in [5.41, 5.74) is 4.40. The van der Waals surface area contributed by atoms with E-state index in [0.29, 0.717) is 12.0 Å². The number of aromatic nitrogens is 1. The van der Waals surface area contributed by atoms with E-state index in [1.54, 1.807) is 0 Å². The molecule has 1 spiro atoms. The number of halogens is 3. The van der Waals surface area contributed by atoms with Gasteiger partial charge < -0.3 is 9.84 Å². The average molecular weight is 460 g/mol. The Labute approximate surface area is 193 Å². The lowest BCUT2D eigenvalue weighted by atomic mass is 9.70. The van der Waals surface area contributed by atoms with Crippen LogP contribution in [0.25, 0.3) is 0 Å². The summed E-state index contributed by atoms with van der Waals surface area (Å²) in [6, 6.07) is 5.34. The quantitative estimate of drug-likeness (QED) is 0.520. The van der Waals surface area contributed by atoms with Crippen molar-refractivity contribution >= 4 is 0 Å². The van der Waals surface area contributed by atoms with Gasteiger partial charge in [0.15, 0.2) is 0 Å². The highest BCUT2D eigenvalue weighted by Crippen LogP contribution is 2.59. The number of nitrogens with zero attached hydrogens (tertiary/aromatic N) is 1. The minimum atomic E-state index is -4.37. The fourth-order valence-electron chi connectivity index (χ4n) is 6.26. The molecule has 1 aromatic heterocycles. The summed E-state index contributed by atoms with van der Waals surface area (Å²) in [5, 5.41) is 11.3. The Hall–Kier alpha value is -1.92. The monoisotopic (exact) mass is 459 g/mol. The van der Waals surface area contributed by atoms with E-state index in [-0.39, 0.29) is 11.3 Å². The Kier molecular flexibility index (Phi) is 5.22. The number of aliphatic hydroxyl groups is 1. The van der Waals surface area contributed by atoms with Crippen LogP contribution >= 0.6 is 0 Å². The van der Waals surface area contributed by atoms with Crippen molar-refractivity contribution in [1.29, 1.82) is 0 Å². The van der Waals surface area contributed by atoms with Crippen molar-refractivity contribution in [1.82, 2.24) is 4.98 Å². The predicted octanol–water partition coefficient (Wildman–Crippen LogP) is 7.12. The fraction of sp³-hybridized carbons (Fsp3) is 0.593. The van der Waals surface area contributed by atoms with E-state index < -0.39 is 29.5 Å². The molecule has 6 heteroatoms. The van der Waals surface area contributed by atoms with E-state index in [0.717, 1.165) is 72.3 Å². The number of hydrogen-bond acceptors (Lipinski definition) is 3. The maximum absolute atomic E-state index is 13.2. The Morgan fingerprint density at radius 1 is 1.06 bits per heavy atom. The van der Waals surface area contributed by atoms with E-state index in [9.17, 15) is 18.3 Å². The van der Waals surface area contributed by atoms with Gasteiger partial charge in [-0.2, -0.15) is 13.2 Å². The lowest BCUT2D eigenvalue weighted by Crippen LogP contribution is -2.32. The largest absolute Gasteiger partial charge is 0.416 e.